The number of ether oxygens (including phenoxy) is 1. The Balaban J connectivity index is 1.34. The van der Waals surface area contributed by atoms with E-state index in [4.69, 9.17) is 18.3 Å². The Bertz CT molecular complexity index is 1440. The number of sulfone groups is 1. The number of phosphoric ester groups is 1. The number of aromatic nitrogens is 2. The number of phosphoric acid groups is 1. The molecule has 5 atom stereocenters. The maximum atomic E-state index is 15.5. The number of halogens is 1. The molecule has 1 aliphatic carbocycles. The minimum Gasteiger partial charge on any atom is -0.404 e. The molecule has 1 aromatic heterocycles. The van der Waals surface area contributed by atoms with Crippen LogP contribution in [0, 0.1) is 5.92 Å². The van der Waals surface area contributed by atoms with Crippen molar-refractivity contribution in [2.75, 3.05) is 24.7 Å². The fourth-order valence-electron chi connectivity index (χ4n) is 4.92. The van der Waals surface area contributed by atoms with Crippen molar-refractivity contribution < 1.29 is 40.8 Å². The molecule has 1 saturated carbocycles. The molecule has 0 spiro atoms. The van der Waals surface area contributed by atoms with Crippen LogP contribution in [0.25, 0.3) is 0 Å². The van der Waals surface area contributed by atoms with Gasteiger partial charge in [0.2, 0.25) is 0 Å². The van der Waals surface area contributed by atoms with E-state index in [0.717, 1.165) is 42.5 Å². The molecule has 0 radical (unpaired) electrons. The third kappa shape index (κ3) is 8.61. The van der Waals surface area contributed by atoms with Crippen LogP contribution in [0.15, 0.2) is 52.2 Å². The van der Waals surface area contributed by atoms with Gasteiger partial charge >= 0.3 is 13.5 Å². The number of aromatic amines is 1. The number of aliphatic hydroxyl groups is 1. The molecule has 0 amide bonds. The fraction of sp³-hybridized carbons (Fsp3) is 0.630. The lowest BCUT2D eigenvalue weighted by Crippen LogP contribution is -2.43. The van der Waals surface area contributed by atoms with Crippen molar-refractivity contribution in [3.63, 3.8) is 0 Å². The molecule has 0 bridgehead atoms. The van der Waals surface area contributed by atoms with Gasteiger partial charge in [0.15, 0.2) is 11.9 Å². The molecular formula is C27H38FN2O10PS. The Kier molecular flexibility index (Phi) is 10.8. The number of alkyl halides is 1. The van der Waals surface area contributed by atoms with Crippen molar-refractivity contribution in [2.24, 2.45) is 5.92 Å². The summed E-state index contributed by atoms with van der Waals surface area (Å²) < 4.78 is 76.6. The molecule has 12 nitrogen and oxygen atoms in total. The van der Waals surface area contributed by atoms with Crippen LogP contribution in [0.3, 0.4) is 0 Å². The number of hydrogen-bond donors (Lipinski definition) is 2. The van der Waals surface area contributed by atoms with Crippen LogP contribution in [0.2, 0.25) is 0 Å². The standard InChI is InChI=1S/C27H38FN2O10PS/c1-27(28)24(32)22(39-25(27)30-15-14-23(31)29-26(30)33)19-38-41(34,40-21-12-3-2-4-13-21)37-16-8-18-42(35,36)17-6-5-9-20-10-7-11-20/h2-4,12-15,20,22,24-25,32H,5-11,16-19H2,1H3,(H,29,31,33)/t22-,24-,25-,27-,41?/m1/s1. The van der Waals surface area contributed by atoms with Gasteiger partial charge in [0.25, 0.3) is 5.56 Å². The molecule has 2 N–H and O–H groups in total. The van der Waals surface area contributed by atoms with Gasteiger partial charge in [0.05, 0.1) is 24.7 Å². The lowest BCUT2D eigenvalue weighted by atomic mass is 9.82. The van der Waals surface area contributed by atoms with E-state index in [-0.39, 0.29) is 30.3 Å². The highest BCUT2D eigenvalue weighted by molar-refractivity contribution is 7.91. The third-order valence-electron chi connectivity index (χ3n) is 7.57. The maximum absolute atomic E-state index is 15.5. The van der Waals surface area contributed by atoms with Gasteiger partial charge < -0.3 is 14.4 Å². The highest BCUT2D eigenvalue weighted by Gasteiger charge is 2.56. The molecule has 1 unspecified atom stereocenters. The SMILES string of the molecule is C[C@@]1(F)[C@H](O)[C@@H](COP(=O)(OCCCS(=O)(=O)CCCCC2CCC2)Oc2ccccc2)O[C@H]1n1ccc(=O)[nH]c1=O. The molecule has 1 aliphatic heterocycles. The summed E-state index contributed by atoms with van der Waals surface area (Å²) in [4.78, 5) is 25.6. The van der Waals surface area contributed by atoms with Gasteiger partial charge in [-0.2, -0.15) is 0 Å². The molecular weight excluding hydrogens is 594 g/mol. The molecule has 2 fully saturated rings. The summed E-state index contributed by atoms with van der Waals surface area (Å²) in [6, 6.07) is 8.98. The maximum Gasteiger partial charge on any atom is 0.530 e. The minimum absolute atomic E-state index is 0.0404. The number of aliphatic hydroxyl groups excluding tert-OH is 1. The van der Waals surface area contributed by atoms with Crippen LogP contribution in [0.4, 0.5) is 4.39 Å². The summed E-state index contributed by atoms with van der Waals surface area (Å²) in [5.74, 6) is 0.780. The van der Waals surface area contributed by atoms with Gasteiger partial charge in [-0.25, -0.2) is 22.2 Å². The summed E-state index contributed by atoms with van der Waals surface area (Å²) in [6.45, 7) is 0.0959. The van der Waals surface area contributed by atoms with Crippen LogP contribution < -0.4 is 15.8 Å². The predicted octanol–water partition coefficient (Wildman–Crippen LogP) is 3.52. The van der Waals surface area contributed by atoms with Crippen LogP contribution in [0.5, 0.6) is 5.75 Å². The van der Waals surface area contributed by atoms with Crippen molar-refractivity contribution in [1.29, 1.82) is 0 Å². The van der Waals surface area contributed by atoms with E-state index in [1.165, 1.54) is 31.4 Å². The van der Waals surface area contributed by atoms with Gasteiger partial charge in [-0.3, -0.25) is 23.4 Å². The molecule has 2 aliphatic rings. The Morgan fingerprint density at radius 3 is 2.50 bits per heavy atom. The number of H-pyrrole nitrogens is 1. The molecule has 1 saturated heterocycles. The van der Waals surface area contributed by atoms with Crippen LogP contribution >= 0.6 is 7.82 Å². The van der Waals surface area contributed by atoms with E-state index in [1.807, 2.05) is 4.98 Å². The third-order valence-corrected chi connectivity index (χ3v) is 10.8. The van der Waals surface area contributed by atoms with E-state index in [1.54, 1.807) is 18.2 Å². The summed E-state index contributed by atoms with van der Waals surface area (Å²) in [5.41, 5.74) is -4.13. The van der Waals surface area contributed by atoms with Gasteiger partial charge in [0, 0.05) is 12.3 Å². The van der Waals surface area contributed by atoms with Crippen molar-refractivity contribution in [2.45, 2.75) is 76.0 Å². The van der Waals surface area contributed by atoms with Gasteiger partial charge in [-0.05, 0) is 37.8 Å². The highest BCUT2D eigenvalue weighted by atomic mass is 32.2. The van der Waals surface area contributed by atoms with Gasteiger partial charge in [0.1, 0.15) is 27.8 Å². The molecule has 234 valence electrons. The van der Waals surface area contributed by atoms with Gasteiger partial charge in [-0.1, -0.05) is 50.3 Å². The summed E-state index contributed by atoms with van der Waals surface area (Å²) in [5, 5.41) is 10.6. The quantitative estimate of drug-likeness (QED) is 0.207. The molecule has 15 heteroatoms. The Morgan fingerprint density at radius 2 is 1.83 bits per heavy atom. The number of unbranched alkanes of at least 4 members (excludes halogenated alkanes) is 1. The largest absolute Gasteiger partial charge is 0.530 e. The predicted molar refractivity (Wildman–Crippen MR) is 152 cm³/mol. The van der Waals surface area contributed by atoms with Crippen LogP contribution in [-0.4, -0.2) is 65.7 Å². The number of hydrogen-bond acceptors (Lipinski definition) is 10. The molecule has 1 aromatic carbocycles. The van der Waals surface area contributed by atoms with Crippen molar-refractivity contribution in [3.8, 4) is 5.75 Å². The van der Waals surface area contributed by atoms with Crippen LogP contribution in [0.1, 0.15) is 58.1 Å². The molecule has 2 heterocycles. The molecule has 2 aromatic rings. The lowest BCUT2D eigenvalue weighted by molar-refractivity contribution is -0.0609. The average Bonchev–Trinajstić information content (AvgIpc) is 3.13. The summed E-state index contributed by atoms with van der Waals surface area (Å²) in [7, 11) is -7.74. The van der Waals surface area contributed by atoms with Crippen molar-refractivity contribution in [3.05, 3.63) is 63.4 Å². The Hall–Kier alpha value is -2.35. The number of nitrogens with zero attached hydrogens (tertiary/aromatic N) is 1. The first kappa shape index (κ1) is 32.6. The number of benzene rings is 1. The van der Waals surface area contributed by atoms with E-state index in [0.29, 0.717) is 6.42 Å². The first-order chi connectivity index (χ1) is 19.9. The normalized spacial score (nSPS) is 26.0. The monoisotopic (exact) mass is 632 g/mol. The zero-order valence-electron chi connectivity index (χ0n) is 23.4. The smallest absolute Gasteiger partial charge is 0.404 e. The van der Waals surface area contributed by atoms with E-state index >= 15 is 4.39 Å². The Morgan fingerprint density at radius 1 is 1.12 bits per heavy atom. The van der Waals surface area contributed by atoms with Gasteiger partial charge in [-0.15, -0.1) is 0 Å². The Labute approximate surface area is 243 Å². The van der Waals surface area contributed by atoms with E-state index < -0.39 is 59.6 Å². The summed E-state index contributed by atoms with van der Waals surface area (Å²) in [6.07, 6.45) is 2.47. The van der Waals surface area contributed by atoms with E-state index in [2.05, 4.69) is 0 Å². The summed E-state index contributed by atoms with van der Waals surface area (Å²) >= 11 is 0. The van der Waals surface area contributed by atoms with Crippen molar-refractivity contribution >= 4 is 17.7 Å². The fourth-order valence-corrected chi connectivity index (χ4v) is 7.57. The topological polar surface area (TPSA) is 163 Å². The average molecular weight is 633 g/mol. The van der Waals surface area contributed by atoms with Crippen LogP contribution in [-0.2, 0) is 28.2 Å². The number of rotatable bonds is 16. The second-order valence-corrected chi connectivity index (χ2v) is 14.8. The number of para-hydroxylation sites is 1. The second-order valence-electron chi connectivity index (χ2n) is 10.9. The second kappa shape index (κ2) is 14.0. The van der Waals surface area contributed by atoms with E-state index in [9.17, 15) is 27.7 Å². The molecule has 4 rings (SSSR count). The molecule has 42 heavy (non-hydrogen) atoms. The highest BCUT2D eigenvalue weighted by Crippen LogP contribution is 2.51. The van der Waals surface area contributed by atoms with Crippen molar-refractivity contribution in [1.82, 2.24) is 9.55 Å². The zero-order valence-corrected chi connectivity index (χ0v) is 25.1. The lowest BCUT2D eigenvalue weighted by Gasteiger charge is -2.24. The first-order valence-electron chi connectivity index (χ1n) is 14.1. The minimum atomic E-state index is -4.41. The zero-order chi connectivity index (χ0) is 30.4. The number of nitrogens with one attached hydrogen (secondary N) is 1. The first-order valence-corrected chi connectivity index (χ1v) is 17.3.